The zero-order chi connectivity index (χ0) is 17.8. The lowest BCUT2D eigenvalue weighted by Gasteiger charge is -2.26. The molecule has 0 unspecified atom stereocenters. The number of fused-ring (bicyclic) bond motifs is 1. The minimum Gasteiger partial charge on any atom is -0.486 e. The Morgan fingerprint density at radius 1 is 0.923 bits per heavy atom. The minimum absolute atomic E-state index is 0.0567. The van der Waals surface area contributed by atoms with E-state index in [1.165, 1.54) is 0 Å². The first-order valence-electron chi connectivity index (χ1n) is 9.12. The van der Waals surface area contributed by atoms with Crippen molar-refractivity contribution < 1.29 is 19.0 Å². The highest BCUT2D eigenvalue weighted by molar-refractivity contribution is 5.81. The Bertz CT molecular complexity index is 756. The molecular formula is C21H23NO4. The van der Waals surface area contributed by atoms with Crippen LogP contribution in [0.1, 0.15) is 24.0 Å². The van der Waals surface area contributed by atoms with Gasteiger partial charge >= 0.3 is 0 Å². The molecule has 2 aliphatic heterocycles. The van der Waals surface area contributed by atoms with Crippen LogP contribution in [0.3, 0.4) is 0 Å². The van der Waals surface area contributed by atoms with Crippen LogP contribution in [0, 0.1) is 0 Å². The number of carbonyl (C=O) groups excluding carboxylic acids is 1. The number of rotatable bonds is 5. The smallest absolute Gasteiger partial charge is 0.252 e. The van der Waals surface area contributed by atoms with E-state index in [0.29, 0.717) is 32.9 Å². The van der Waals surface area contributed by atoms with Crippen LogP contribution in [0.2, 0.25) is 0 Å². The monoisotopic (exact) mass is 353 g/mol. The predicted molar refractivity (Wildman–Crippen MR) is 97.1 cm³/mol. The zero-order valence-corrected chi connectivity index (χ0v) is 14.7. The first-order valence-corrected chi connectivity index (χ1v) is 9.12. The topological polar surface area (TPSA) is 48.0 Å². The molecule has 1 atom stereocenters. The molecule has 5 nitrogen and oxygen atoms in total. The minimum atomic E-state index is -0.323. The highest BCUT2D eigenvalue weighted by Crippen LogP contribution is 2.31. The predicted octanol–water partition coefficient (Wildman–Crippen LogP) is 3.17. The van der Waals surface area contributed by atoms with E-state index >= 15 is 0 Å². The number of ether oxygens (including phenoxy) is 3. The molecule has 0 aromatic heterocycles. The summed E-state index contributed by atoms with van der Waals surface area (Å²) in [6.45, 7) is 2.88. The summed E-state index contributed by atoms with van der Waals surface area (Å²) in [7, 11) is 0. The third-order valence-corrected chi connectivity index (χ3v) is 4.71. The summed E-state index contributed by atoms with van der Waals surface area (Å²) >= 11 is 0. The lowest BCUT2D eigenvalue weighted by molar-refractivity contribution is -0.142. The maximum absolute atomic E-state index is 13.0. The fraction of sp³-hybridized carbons (Fsp3) is 0.381. The first-order chi connectivity index (χ1) is 12.8. The number of hydrogen-bond donors (Lipinski definition) is 0. The average Bonchev–Trinajstić information content (AvgIpc) is 3.22. The van der Waals surface area contributed by atoms with Crippen molar-refractivity contribution in [1.29, 1.82) is 0 Å². The van der Waals surface area contributed by atoms with Gasteiger partial charge in [0.25, 0.3) is 5.91 Å². The maximum atomic E-state index is 13.0. The van der Waals surface area contributed by atoms with Gasteiger partial charge in [-0.3, -0.25) is 4.79 Å². The normalized spacial score (nSPS) is 18.5. The molecule has 2 aromatic rings. The van der Waals surface area contributed by atoms with Gasteiger partial charge < -0.3 is 19.1 Å². The molecule has 0 N–H and O–H groups in total. The van der Waals surface area contributed by atoms with Crippen molar-refractivity contribution in [2.75, 3.05) is 19.8 Å². The van der Waals surface area contributed by atoms with Crippen LogP contribution >= 0.6 is 0 Å². The summed E-state index contributed by atoms with van der Waals surface area (Å²) in [5.41, 5.74) is 2.13. The Balaban J connectivity index is 1.54. The van der Waals surface area contributed by atoms with Crippen molar-refractivity contribution in [1.82, 2.24) is 4.90 Å². The van der Waals surface area contributed by atoms with Gasteiger partial charge in [-0.2, -0.15) is 0 Å². The SMILES string of the molecule is O=C([C@@H]1CCCO1)N(Cc1ccccc1)Cc1ccc2c(c1)OCCO2. The van der Waals surface area contributed by atoms with Crippen LogP contribution in [0.15, 0.2) is 48.5 Å². The van der Waals surface area contributed by atoms with E-state index in [0.717, 1.165) is 35.5 Å². The maximum Gasteiger partial charge on any atom is 0.252 e. The Morgan fingerprint density at radius 3 is 2.46 bits per heavy atom. The van der Waals surface area contributed by atoms with Gasteiger partial charge in [-0.25, -0.2) is 0 Å². The number of hydrogen-bond acceptors (Lipinski definition) is 4. The van der Waals surface area contributed by atoms with Crippen molar-refractivity contribution in [2.45, 2.75) is 32.0 Å². The van der Waals surface area contributed by atoms with Gasteiger partial charge in [-0.15, -0.1) is 0 Å². The number of nitrogens with zero attached hydrogens (tertiary/aromatic N) is 1. The van der Waals surface area contributed by atoms with E-state index in [4.69, 9.17) is 14.2 Å². The van der Waals surface area contributed by atoms with Crippen molar-refractivity contribution in [2.24, 2.45) is 0 Å². The fourth-order valence-corrected chi connectivity index (χ4v) is 3.40. The molecule has 0 radical (unpaired) electrons. The second kappa shape index (κ2) is 7.79. The number of benzene rings is 2. The highest BCUT2D eigenvalue weighted by Gasteiger charge is 2.28. The van der Waals surface area contributed by atoms with E-state index in [1.54, 1.807) is 0 Å². The van der Waals surface area contributed by atoms with E-state index in [2.05, 4.69) is 0 Å². The third kappa shape index (κ3) is 3.83. The van der Waals surface area contributed by atoms with Gasteiger partial charge in [0, 0.05) is 19.7 Å². The summed E-state index contributed by atoms with van der Waals surface area (Å²) in [6.07, 6.45) is 1.42. The molecule has 2 heterocycles. The standard InChI is InChI=1S/C21H23NO4/c23-21(19-7-4-10-24-19)22(14-16-5-2-1-3-6-16)15-17-8-9-18-20(13-17)26-12-11-25-18/h1-3,5-6,8-9,13,19H,4,7,10-12,14-15H2/t19-/m0/s1. The van der Waals surface area contributed by atoms with Crippen molar-refractivity contribution in [3.8, 4) is 11.5 Å². The summed E-state index contributed by atoms with van der Waals surface area (Å²) in [5, 5.41) is 0. The van der Waals surface area contributed by atoms with Crippen molar-refractivity contribution in [3.63, 3.8) is 0 Å². The molecule has 2 aliphatic rings. The highest BCUT2D eigenvalue weighted by atomic mass is 16.6. The van der Waals surface area contributed by atoms with Gasteiger partial charge in [0.05, 0.1) is 0 Å². The van der Waals surface area contributed by atoms with Gasteiger partial charge in [0.15, 0.2) is 11.5 Å². The lowest BCUT2D eigenvalue weighted by atomic mass is 10.1. The molecule has 136 valence electrons. The van der Waals surface area contributed by atoms with Gasteiger partial charge in [-0.05, 0) is 36.1 Å². The molecular weight excluding hydrogens is 330 g/mol. The van der Waals surface area contributed by atoms with Crippen LogP contribution in [-0.4, -0.2) is 36.7 Å². The Labute approximate surface area is 153 Å². The molecule has 0 bridgehead atoms. The van der Waals surface area contributed by atoms with Crippen LogP contribution in [0.25, 0.3) is 0 Å². The number of carbonyl (C=O) groups is 1. The van der Waals surface area contributed by atoms with Gasteiger partial charge in [-0.1, -0.05) is 36.4 Å². The quantitative estimate of drug-likeness (QED) is 0.828. The molecule has 5 heteroatoms. The number of amides is 1. The molecule has 0 saturated carbocycles. The Morgan fingerprint density at radius 2 is 1.69 bits per heavy atom. The molecule has 1 fully saturated rings. The average molecular weight is 353 g/mol. The second-order valence-electron chi connectivity index (χ2n) is 6.66. The zero-order valence-electron chi connectivity index (χ0n) is 14.7. The van der Waals surface area contributed by atoms with E-state index in [-0.39, 0.29) is 12.0 Å². The lowest BCUT2D eigenvalue weighted by Crippen LogP contribution is -2.38. The van der Waals surface area contributed by atoms with Gasteiger partial charge in [0.2, 0.25) is 0 Å². The van der Waals surface area contributed by atoms with E-state index in [9.17, 15) is 4.79 Å². The largest absolute Gasteiger partial charge is 0.486 e. The molecule has 1 amide bonds. The van der Waals surface area contributed by atoms with E-state index < -0.39 is 0 Å². The molecule has 26 heavy (non-hydrogen) atoms. The summed E-state index contributed by atoms with van der Waals surface area (Å²) in [6, 6.07) is 15.9. The Kier molecular flexibility index (Phi) is 5.07. The molecule has 2 aromatic carbocycles. The molecule has 1 saturated heterocycles. The molecule has 4 rings (SSSR count). The van der Waals surface area contributed by atoms with Crippen molar-refractivity contribution >= 4 is 5.91 Å². The third-order valence-electron chi connectivity index (χ3n) is 4.71. The van der Waals surface area contributed by atoms with Crippen LogP contribution in [0.5, 0.6) is 11.5 Å². The van der Waals surface area contributed by atoms with Crippen LogP contribution in [-0.2, 0) is 22.6 Å². The van der Waals surface area contributed by atoms with Gasteiger partial charge in [0.1, 0.15) is 19.3 Å². The fourth-order valence-electron chi connectivity index (χ4n) is 3.40. The first kappa shape index (κ1) is 16.9. The van der Waals surface area contributed by atoms with Crippen molar-refractivity contribution in [3.05, 3.63) is 59.7 Å². The van der Waals surface area contributed by atoms with Crippen LogP contribution < -0.4 is 9.47 Å². The summed E-state index contributed by atoms with van der Waals surface area (Å²) < 4.78 is 16.9. The second-order valence-corrected chi connectivity index (χ2v) is 6.66. The van der Waals surface area contributed by atoms with Crippen LogP contribution in [0.4, 0.5) is 0 Å². The molecule has 0 spiro atoms. The molecule has 0 aliphatic carbocycles. The summed E-state index contributed by atoms with van der Waals surface area (Å²) in [4.78, 5) is 14.9. The van der Waals surface area contributed by atoms with E-state index in [1.807, 2.05) is 53.4 Å². The summed E-state index contributed by atoms with van der Waals surface area (Å²) in [5.74, 6) is 1.57. The Hall–Kier alpha value is -2.53.